The van der Waals surface area contributed by atoms with Crippen LogP contribution in [0.1, 0.15) is 19.4 Å². The molecule has 40 heavy (non-hydrogen) atoms. The zero-order valence-electron chi connectivity index (χ0n) is 21.0. The van der Waals surface area contributed by atoms with E-state index in [4.69, 9.17) is 26.2 Å². The van der Waals surface area contributed by atoms with Crippen molar-refractivity contribution in [3.8, 4) is 0 Å². The van der Waals surface area contributed by atoms with Gasteiger partial charge in [-0.1, -0.05) is 0 Å². The molecule has 4 aromatic heterocycles. The van der Waals surface area contributed by atoms with Crippen LogP contribution in [0.15, 0.2) is 25.3 Å². The van der Waals surface area contributed by atoms with Crippen LogP contribution in [-0.2, 0) is 9.47 Å². The van der Waals surface area contributed by atoms with Crippen LogP contribution < -0.4 is 17.0 Å². The van der Waals surface area contributed by atoms with Crippen molar-refractivity contribution in [1.29, 1.82) is 0 Å². The molecule has 2 fully saturated rings. The van der Waals surface area contributed by atoms with Gasteiger partial charge in [-0.3, -0.25) is 9.13 Å². The molecule has 2 saturated heterocycles. The lowest BCUT2D eigenvalue weighted by Gasteiger charge is -2.25. The van der Waals surface area contributed by atoms with E-state index >= 15 is 0 Å². The number of aliphatic hydroxyl groups excluding tert-OH is 5. The molecule has 8 atom stereocenters. The van der Waals surface area contributed by atoms with E-state index in [9.17, 15) is 25.5 Å². The highest BCUT2D eigenvalue weighted by molar-refractivity contribution is 5.82. The summed E-state index contributed by atoms with van der Waals surface area (Å²) in [5, 5.41) is 58.5. The lowest BCUT2D eigenvalue weighted by molar-refractivity contribution is -0.0804. The molecule has 2 aliphatic rings. The molecule has 0 radical (unpaired) electrons. The minimum atomic E-state index is -1.57. The number of fused-ring (bicyclic) bond motifs is 2. The van der Waals surface area contributed by atoms with Crippen LogP contribution in [-0.4, -0.2) is 119 Å². The molecule has 6 rings (SSSR count). The average Bonchev–Trinajstić information content (AvgIpc) is 3.69. The second-order valence-electron chi connectivity index (χ2n) is 9.37. The summed E-state index contributed by atoms with van der Waals surface area (Å²) in [6.45, 7) is 0.595. The summed E-state index contributed by atoms with van der Waals surface area (Å²) in [5.41, 5.74) is 8.08. The SMILES string of the molecule is CC1(O)[C@H](O)[C@H](n2cnc3c(N)ncnc32)O[C@@H]1CO.NNc1ncnc2c1ncn2[C@@H]1O[C@H](CO)C(O)[C@@H]1O. The maximum atomic E-state index is 10.2. The first-order chi connectivity index (χ1) is 19.1. The van der Waals surface area contributed by atoms with Crippen LogP contribution in [0.5, 0.6) is 0 Å². The molecule has 0 saturated carbocycles. The van der Waals surface area contributed by atoms with Crippen molar-refractivity contribution in [1.82, 2.24) is 39.0 Å². The fourth-order valence-electron chi connectivity index (χ4n) is 4.62. The van der Waals surface area contributed by atoms with Gasteiger partial charge in [0.05, 0.1) is 25.9 Å². The minimum absolute atomic E-state index is 0.215. The average molecular weight is 564 g/mol. The van der Waals surface area contributed by atoms with E-state index in [2.05, 4.69) is 35.3 Å². The van der Waals surface area contributed by atoms with Crippen molar-refractivity contribution in [3.63, 3.8) is 0 Å². The molecular weight excluding hydrogens is 534 g/mol. The van der Waals surface area contributed by atoms with Crippen LogP contribution in [0.4, 0.5) is 11.6 Å². The summed E-state index contributed by atoms with van der Waals surface area (Å²) < 4.78 is 13.8. The standard InChI is InChI=1S/C11H15N5O4.C10H14N6O4/c1-11(19)5(2-17)20-10(7(11)18)16-4-15-6-8(12)13-3-14-9(6)16;11-15-8-5-9(13-2-12-8)16(3-14-5)10-7(19)6(18)4(1-17)20-10/h3-5,7,10,17-19H,2H2,1H3,(H2,12,13,14);2-4,6-7,10,17-19H,1,11H2,(H,12,13,15)/t5-,7-,10-,11?;4-,6?,7+,10-/m11/s1. The number of rotatable bonds is 5. The number of nitrogen functional groups attached to an aromatic ring is 2. The van der Waals surface area contributed by atoms with E-state index in [0.29, 0.717) is 28.1 Å². The van der Waals surface area contributed by atoms with Gasteiger partial charge in [-0.05, 0) is 6.92 Å². The normalized spacial score (nSPS) is 31.9. The lowest BCUT2D eigenvalue weighted by atomic mass is 9.95. The summed E-state index contributed by atoms with van der Waals surface area (Å²) in [6.07, 6.45) is -1.83. The van der Waals surface area contributed by atoms with E-state index < -0.39 is 61.8 Å². The number of hydrazine groups is 1. The van der Waals surface area contributed by atoms with Crippen molar-refractivity contribution in [2.24, 2.45) is 5.84 Å². The molecule has 0 aliphatic carbocycles. The molecule has 216 valence electrons. The van der Waals surface area contributed by atoms with Gasteiger partial charge in [-0.25, -0.2) is 35.7 Å². The molecule has 0 aromatic carbocycles. The Labute approximate surface area is 224 Å². The Balaban J connectivity index is 0.000000161. The first-order valence-corrected chi connectivity index (χ1v) is 12.0. The van der Waals surface area contributed by atoms with Gasteiger partial charge in [-0.2, -0.15) is 0 Å². The third-order valence-electron chi connectivity index (χ3n) is 6.94. The molecule has 0 spiro atoms. The van der Waals surface area contributed by atoms with Crippen molar-refractivity contribution in [3.05, 3.63) is 25.3 Å². The number of ether oxygens (including phenoxy) is 2. The van der Waals surface area contributed by atoms with Crippen LogP contribution in [0.3, 0.4) is 0 Å². The monoisotopic (exact) mass is 563 g/mol. The third kappa shape index (κ3) is 4.48. The minimum Gasteiger partial charge on any atom is -0.394 e. The highest BCUT2D eigenvalue weighted by Crippen LogP contribution is 2.38. The van der Waals surface area contributed by atoms with Gasteiger partial charge in [0.25, 0.3) is 0 Å². The molecule has 2 aliphatic heterocycles. The molecule has 11 N–H and O–H groups in total. The first-order valence-electron chi connectivity index (χ1n) is 12.0. The summed E-state index contributed by atoms with van der Waals surface area (Å²) in [4.78, 5) is 24.0. The van der Waals surface area contributed by atoms with E-state index in [0.717, 1.165) is 0 Å². The molecule has 19 heteroatoms. The van der Waals surface area contributed by atoms with Gasteiger partial charge in [0, 0.05) is 0 Å². The molecule has 6 heterocycles. The Morgan fingerprint density at radius 1 is 0.875 bits per heavy atom. The molecule has 19 nitrogen and oxygen atoms in total. The van der Waals surface area contributed by atoms with Gasteiger partial charge < -0.3 is 51.3 Å². The number of aliphatic hydroxyl groups is 6. The Hall–Kier alpha value is -3.66. The van der Waals surface area contributed by atoms with Crippen LogP contribution >= 0.6 is 0 Å². The fourth-order valence-corrected chi connectivity index (χ4v) is 4.62. The summed E-state index contributed by atoms with van der Waals surface area (Å²) in [5.74, 6) is 5.88. The summed E-state index contributed by atoms with van der Waals surface area (Å²) in [7, 11) is 0. The number of aromatic nitrogens is 8. The van der Waals surface area contributed by atoms with Crippen LogP contribution in [0, 0.1) is 0 Å². The van der Waals surface area contributed by atoms with Crippen molar-refractivity contribution >= 4 is 34.0 Å². The number of hydrogen-bond donors (Lipinski definition) is 9. The van der Waals surface area contributed by atoms with E-state index in [1.54, 1.807) is 0 Å². The van der Waals surface area contributed by atoms with Crippen LogP contribution in [0.25, 0.3) is 22.3 Å². The molecule has 0 amide bonds. The molecule has 2 unspecified atom stereocenters. The zero-order valence-corrected chi connectivity index (χ0v) is 21.0. The number of anilines is 2. The Morgan fingerprint density at radius 3 is 2.10 bits per heavy atom. The third-order valence-corrected chi connectivity index (χ3v) is 6.94. The summed E-state index contributed by atoms with van der Waals surface area (Å²) >= 11 is 0. The molecular formula is C21H29N11O8. The second kappa shape index (κ2) is 10.7. The van der Waals surface area contributed by atoms with Gasteiger partial charge in [0.15, 0.2) is 40.9 Å². The van der Waals surface area contributed by atoms with Crippen molar-refractivity contribution in [2.45, 2.75) is 55.5 Å². The number of nitrogens with two attached hydrogens (primary N) is 2. The largest absolute Gasteiger partial charge is 0.394 e. The topological polar surface area (TPSA) is 291 Å². The van der Waals surface area contributed by atoms with Gasteiger partial charge >= 0.3 is 0 Å². The highest BCUT2D eigenvalue weighted by Gasteiger charge is 2.53. The van der Waals surface area contributed by atoms with Gasteiger partial charge in [0.2, 0.25) is 0 Å². The second-order valence-corrected chi connectivity index (χ2v) is 9.37. The smallest absolute Gasteiger partial charge is 0.171 e. The van der Waals surface area contributed by atoms with Gasteiger partial charge in [-0.15, -0.1) is 0 Å². The van der Waals surface area contributed by atoms with E-state index in [-0.39, 0.29) is 5.82 Å². The Bertz CT molecular complexity index is 1480. The lowest BCUT2D eigenvalue weighted by Crippen LogP contribution is -2.46. The summed E-state index contributed by atoms with van der Waals surface area (Å²) in [6, 6.07) is 0. The quantitative estimate of drug-likeness (QED) is 0.0828. The molecule has 0 bridgehead atoms. The number of nitrogens with zero attached hydrogens (tertiary/aromatic N) is 8. The van der Waals surface area contributed by atoms with E-state index in [1.807, 2.05) is 0 Å². The van der Waals surface area contributed by atoms with Crippen molar-refractivity contribution in [2.75, 3.05) is 24.4 Å². The van der Waals surface area contributed by atoms with E-state index in [1.165, 1.54) is 41.4 Å². The number of nitrogens with one attached hydrogen (secondary N) is 1. The van der Waals surface area contributed by atoms with Gasteiger partial charge in [0.1, 0.15) is 54.3 Å². The van der Waals surface area contributed by atoms with Crippen LogP contribution in [0.2, 0.25) is 0 Å². The predicted molar refractivity (Wildman–Crippen MR) is 134 cm³/mol. The number of hydrogen-bond acceptors (Lipinski definition) is 17. The maximum Gasteiger partial charge on any atom is 0.171 e. The molecule has 4 aromatic rings. The van der Waals surface area contributed by atoms with Crippen molar-refractivity contribution < 1.29 is 40.1 Å². The predicted octanol–water partition coefficient (Wildman–Crippen LogP) is -3.87. The zero-order chi connectivity index (χ0) is 28.8. The number of imidazole rings is 2. The fraction of sp³-hybridized carbons (Fsp3) is 0.524. The Morgan fingerprint density at radius 2 is 1.50 bits per heavy atom. The first kappa shape index (κ1) is 27.9. The Kier molecular flexibility index (Phi) is 7.48. The highest BCUT2D eigenvalue weighted by atomic mass is 16.6. The maximum absolute atomic E-state index is 10.2.